The van der Waals surface area contributed by atoms with Gasteiger partial charge in [-0.3, -0.25) is 4.79 Å². The Hall–Kier alpha value is -2.04. The molecule has 1 aromatic carbocycles. The molecule has 0 aliphatic carbocycles. The summed E-state index contributed by atoms with van der Waals surface area (Å²) in [5.74, 6) is -0.175. The van der Waals surface area contributed by atoms with E-state index >= 15 is 0 Å². The van der Waals surface area contributed by atoms with Crippen LogP contribution in [0.25, 0.3) is 0 Å². The third-order valence-electron chi connectivity index (χ3n) is 3.70. The SMILES string of the molecule is CCOC(=O)N[C@@H](C(=O)N[C@H](C)c1ccccc1)[C@H](C)CC. The van der Waals surface area contributed by atoms with E-state index < -0.39 is 12.1 Å². The molecular weight excluding hydrogens is 280 g/mol. The Bertz CT molecular complexity index is 476. The zero-order valence-electron chi connectivity index (χ0n) is 13.8. The normalized spacial score (nSPS) is 14.5. The molecule has 1 aromatic rings. The highest BCUT2D eigenvalue weighted by molar-refractivity contribution is 5.86. The summed E-state index contributed by atoms with van der Waals surface area (Å²) in [6.07, 6.45) is 0.222. The van der Waals surface area contributed by atoms with Crippen LogP contribution in [0.4, 0.5) is 4.79 Å². The van der Waals surface area contributed by atoms with Crippen LogP contribution in [0.3, 0.4) is 0 Å². The van der Waals surface area contributed by atoms with E-state index in [1.807, 2.05) is 51.1 Å². The summed E-state index contributed by atoms with van der Waals surface area (Å²) in [4.78, 5) is 24.1. The van der Waals surface area contributed by atoms with Crippen molar-refractivity contribution in [3.8, 4) is 0 Å². The Labute approximate surface area is 132 Å². The average molecular weight is 306 g/mol. The first-order chi connectivity index (χ1) is 10.5. The number of amides is 2. The van der Waals surface area contributed by atoms with Crippen molar-refractivity contribution >= 4 is 12.0 Å². The molecule has 0 unspecified atom stereocenters. The number of nitrogens with one attached hydrogen (secondary N) is 2. The summed E-state index contributed by atoms with van der Waals surface area (Å²) < 4.78 is 4.88. The van der Waals surface area contributed by atoms with Crippen LogP contribution in [0.15, 0.2) is 30.3 Å². The van der Waals surface area contributed by atoms with E-state index in [1.54, 1.807) is 6.92 Å². The van der Waals surface area contributed by atoms with Gasteiger partial charge in [0.2, 0.25) is 5.91 Å². The number of carbonyl (C=O) groups is 2. The van der Waals surface area contributed by atoms with Crippen molar-refractivity contribution in [2.45, 2.75) is 46.2 Å². The molecule has 2 amide bonds. The first-order valence-electron chi connectivity index (χ1n) is 7.78. The van der Waals surface area contributed by atoms with Crippen LogP contribution in [0, 0.1) is 5.92 Å². The molecule has 2 N–H and O–H groups in total. The third-order valence-corrected chi connectivity index (χ3v) is 3.70. The number of benzene rings is 1. The number of ether oxygens (including phenoxy) is 1. The van der Waals surface area contributed by atoms with E-state index in [-0.39, 0.29) is 24.5 Å². The molecule has 0 aliphatic heterocycles. The molecule has 1 rings (SSSR count). The molecule has 0 aliphatic rings. The topological polar surface area (TPSA) is 67.4 Å². The molecule has 0 radical (unpaired) electrons. The highest BCUT2D eigenvalue weighted by Crippen LogP contribution is 2.14. The van der Waals surface area contributed by atoms with Gasteiger partial charge in [0.15, 0.2) is 0 Å². The van der Waals surface area contributed by atoms with Crippen molar-refractivity contribution in [3.05, 3.63) is 35.9 Å². The fourth-order valence-electron chi connectivity index (χ4n) is 2.13. The van der Waals surface area contributed by atoms with Gasteiger partial charge in [0.05, 0.1) is 12.6 Å². The van der Waals surface area contributed by atoms with Crippen LogP contribution in [-0.2, 0) is 9.53 Å². The lowest BCUT2D eigenvalue weighted by molar-refractivity contribution is -0.124. The smallest absolute Gasteiger partial charge is 0.407 e. The average Bonchev–Trinajstić information content (AvgIpc) is 2.52. The van der Waals surface area contributed by atoms with E-state index in [0.29, 0.717) is 0 Å². The largest absolute Gasteiger partial charge is 0.450 e. The Morgan fingerprint density at radius 1 is 1.09 bits per heavy atom. The van der Waals surface area contributed by atoms with Gasteiger partial charge in [0, 0.05) is 0 Å². The molecule has 0 aromatic heterocycles. The molecular formula is C17H26N2O3. The van der Waals surface area contributed by atoms with Gasteiger partial charge in [-0.15, -0.1) is 0 Å². The number of rotatable bonds is 7. The first kappa shape index (κ1) is 18.0. The predicted octanol–water partition coefficient (Wildman–Crippen LogP) is 3.02. The fraction of sp³-hybridized carbons (Fsp3) is 0.529. The minimum absolute atomic E-state index is 0.0207. The van der Waals surface area contributed by atoms with Crippen molar-refractivity contribution in [2.24, 2.45) is 5.92 Å². The second-order valence-corrected chi connectivity index (χ2v) is 5.37. The molecule has 0 saturated carbocycles. The summed E-state index contributed by atoms with van der Waals surface area (Å²) in [5, 5.41) is 5.60. The number of hydrogen-bond donors (Lipinski definition) is 2. The predicted molar refractivity (Wildman–Crippen MR) is 86.4 cm³/mol. The molecule has 5 heteroatoms. The van der Waals surface area contributed by atoms with Gasteiger partial charge >= 0.3 is 6.09 Å². The summed E-state index contributed by atoms with van der Waals surface area (Å²) in [6, 6.07) is 8.99. The van der Waals surface area contributed by atoms with E-state index in [1.165, 1.54) is 0 Å². The van der Waals surface area contributed by atoms with Gasteiger partial charge in [-0.1, -0.05) is 50.6 Å². The maximum absolute atomic E-state index is 12.5. The second kappa shape index (κ2) is 9.07. The van der Waals surface area contributed by atoms with Crippen LogP contribution in [0.1, 0.15) is 45.7 Å². The zero-order chi connectivity index (χ0) is 16.5. The van der Waals surface area contributed by atoms with Gasteiger partial charge in [-0.25, -0.2) is 4.79 Å². The summed E-state index contributed by atoms with van der Waals surface area (Å²) in [7, 11) is 0. The number of carbonyl (C=O) groups excluding carboxylic acids is 2. The van der Waals surface area contributed by atoms with Crippen molar-refractivity contribution in [1.82, 2.24) is 10.6 Å². The molecule has 0 heterocycles. The second-order valence-electron chi connectivity index (χ2n) is 5.37. The van der Waals surface area contributed by atoms with Gasteiger partial charge < -0.3 is 15.4 Å². The van der Waals surface area contributed by atoms with Crippen molar-refractivity contribution in [1.29, 1.82) is 0 Å². The molecule has 22 heavy (non-hydrogen) atoms. The summed E-state index contributed by atoms with van der Waals surface area (Å²) in [5.41, 5.74) is 1.02. The molecule has 0 spiro atoms. The van der Waals surface area contributed by atoms with E-state index in [0.717, 1.165) is 12.0 Å². The van der Waals surface area contributed by atoms with Gasteiger partial charge in [0.1, 0.15) is 6.04 Å². The monoisotopic (exact) mass is 306 g/mol. The van der Waals surface area contributed by atoms with Crippen LogP contribution in [0.2, 0.25) is 0 Å². The molecule has 0 bridgehead atoms. The zero-order valence-corrected chi connectivity index (χ0v) is 13.8. The van der Waals surface area contributed by atoms with E-state index in [2.05, 4.69) is 10.6 Å². The van der Waals surface area contributed by atoms with Crippen LogP contribution in [0.5, 0.6) is 0 Å². The number of alkyl carbamates (subject to hydrolysis) is 1. The van der Waals surface area contributed by atoms with E-state index in [9.17, 15) is 9.59 Å². The van der Waals surface area contributed by atoms with Crippen LogP contribution < -0.4 is 10.6 Å². The Balaban J connectivity index is 2.73. The Morgan fingerprint density at radius 2 is 1.73 bits per heavy atom. The molecule has 0 saturated heterocycles. The minimum Gasteiger partial charge on any atom is -0.450 e. The summed E-state index contributed by atoms with van der Waals surface area (Å²) >= 11 is 0. The van der Waals surface area contributed by atoms with Crippen molar-refractivity contribution < 1.29 is 14.3 Å². The molecule has 3 atom stereocenters. The summed E-state index contributed by atoms with van der Waals surface area (Å²) in [6.45, 7) is 7.85. The highest BCUT2D eigenvalue weighted by Gasteiger charge is 2.27. The molecule has 122 valence electrons. The first-order valence-corrected chi connectivity index (χ1v) is 7.78. The number of hydrogen-bond acceptors (Lipinski definition) is 3. The Morgan fingerprint density at radius 3 is 2.27 bits per heavy atom. The lowest BCUT2D eigenvalue weighted by Crippen LogP contribution is -2.50. The van der Waals surface area contributed by atoms with E-state index in [4.69, 9.17) is 4.74 Å². The maximum atomic E-state index is 12.5. The Kier molecular flexibility index (Phi) is 7.43. The standard InChI is InChI=1S/C17H26N2O3/c1-5-12(3)15(19-17(21)22-6-2)16(20)18-13(4)14-10-8-7-9-11-14/h7-13,15H,5-6H2,1-4H3,(H,18,20)(H,19,21)/t12-,13-,15-/m1/s1. The lowest BCUT2D eigenvalue weighted by atomic mass is 9.98. The van der Waals surface area contributed by atoms with Crippen molar-refractivity contribution in [2.75, 3.05) is 6.61 Å². The highest BCUT2D eigenvalue weighted by atomic mass is 16.5. The lowest BCUT2D eigenvalue weighted by Gasteiger charge is -2.25. The van der Waals surface area contributed by atoms with Gasteiger partial charge in [-0.2, -0.15) is 0 Å². The van der Waals surface area contributed by atoms with Crippen LogP contribution in [-0.4, -0.2) is 24.6 Å². The van der Waals surface area contributed by atoms with Crippen molar-refractivity contribution in [3.63, 3.8) is 0 Å². The maximum Gasteiger partial charge on any atom is 0.407 e. The molecule has 5 nitrogen and oxygen atoms in total. The third kappa shape index (κ3) is 5.39. The van der Waals surface area contributed by atoms with Crippen LogP contribution >= 0.6 is 0 Å². The quantitative estimate of drug-likeness (QED) is 0.813. The minimum atomic E-state index is -0.602. The molecule has 0 fully saturated rings. The van der Waals surface area contributed by atoms with Gasteiger partial charge in [-0.05, 0) is 25.3 Å². The van der Waals surface area contributed by atoms with Gasteiger partial charge in [0.25, 0.3) is 0 Å². The fourth-order valence-corrected chi connectivity index (χ4v) is 2.13.